The van der Waals surface area contributed by atoms with Crippen molar-refractivity contribution in [2.24, 2.45) is 0 Å². The average Bonchev–Trinajstić information content (AvgIpc) is 3.65. The molecular weight excluding hydrogens is 600 g/mol. The molecule has 1 saturated heterocycles. The highest BCUT2D eigenvalue weighted by Crippen LogP contribution is 2.54. The van der Waals surface area contributed by atoms with Crippen molar-refractivity contribution in [2.45, 2.75) is 70.4 Å². The Kier molecular flexibility index (Phi) is 6.30. The lowest BCUT2D eigenvalue weighted by Gasteiger charge is -2.50. The SMILES string of the molecule is COC(=O)CN1Cc2c(c3c4ccccc4n4c3c3c2c2ccccc2n3[C@@]2(C)O[C@@H]4C[C@@H](N(C)C(=O)OC(C)(C)C)[C@H]2OC)C1=O. The van der Waals surface area contributed by atoms with Gasteiger partial charge in [0.05, 0.1) is 40.8 Å². The first-order chi connectivity index (χ1) is 22.4. The quantitative estimate of drug-likeness (QED) is 0.226. The highest BCUT2D eigenvalue weighted by atomic mass is 16.6. The normalized spacial score (nSPS) is 23.6. The van der Waals surface area contributed by atoms with Crippen molar-refractivity contribution < 1.29 is 33.3 Å². The molecule has 0 spiro atoms. The van der Waals surface area contributed by atoms with E-state index in [-0.39, 0.29) is 19.0 Å². The van der Waals surface area contributed by atoms with Crippen molar-refractivity contribution in [3.63, 3.8) is 0 Å². The minimum Gasteiger partial charge on any atom is -0.468 e. The molecule has 8 rings (SSSR count). The van der Waals surface area contributed by atoms with Gasteiger partial charge >= 0.3 is 12.1 Å². The van der Waals surface area contributed by atoms with Gasteiger partial charge in [0.15, 0.2) is 5.72 Å². The van der Waals surface area contributed by atoms with Gasteiger partial charge in [0, 0.05) is 48.7 Å². The van der Waals surface area contributed by atoms with E-state index in [9.17, 15) is 14.4 Å². The zero-order valence-electron chi connectivity index (χ0n) is 27.6. The third-order valence-corrected chi connectivity index (χ3v) is 10.1. The van der Waals surface area contributed by atoms with Crippen LogP contribution in [0.25, 0.3) is 43.6 Å². The van der Waals surface area contributed by atoms with Crippen LogP contribution in [0.4, 0.5) is 4.79 Å². The van der Waals surface area contributed by atoms with Gasteiger partial charge < -0.3 is 37.9 Å². The number of amides is 2. The van der Waals surface area contributed by atoms with E-state index < -0.39 is 41.8 Å². The Bertz CT molecular complexity index is 2170. The summed E-state index contributed by atoms with van der Waals surface area (Å²) in [7, 11) is 4.74. The van der Waals surface area contributed by atoms with Crippen LogP contribution in [-0.4, -0.2) is 82.5 Å². The Morgan fingerprint density at radius 2 is 1.66 bits per heavy atom. The summed E-state index contributed by atoms with van der Waals surface area (Å²) in [5.41, 5.74) is 3.35. The predicted molar refractivity (Wildman–Crippen MR) is 176 cm³/mol. The number of carbonyl (C=O) groups excluding carboxylic acids is 3. The van der Waals surface area contributed by atoms with Crippen molar-refractivity contribution in [1.29, 1.82) is 0 Å². The molecule has 0 saturated carbocycles. The predicted octanol–water partition coefficient (Wildman–Crippen LogP) is 5.89. The standard InChI is InChI=1S/C36H38N4O7/c1-35(2,3)47-34(43)37(5)24-16-25-39-22-14-10-8-12-19(22)28-29-21(17-38(33(29)42)18-26(41)44-6)27-20-13-9-11-15-23(20)40(31(27)30(28)39)36(4,46-25)32(24)45-7/h8-15,24-25,32H,16-18H2,1-7H3/t24-,25-,32-,36+/m1/s1. The van der Waals surface area contributed by atoms with Crippen molar-refractivity contribution in [3.05, 3.63) is 59.7 Å². The Labute approximate surface area is 271 Å². The largest absolute Gasteiger partial charge is 0.468 e. The van der Waals surface area contributed by atoms with Crippen molar-refractivity contribution in [3.8, 4) is 0 Å². The summed E-state index contributed by atoms with van der Waals surface area (Å²) in [4.78, 5) is 43.5. The number of likely N-dealkylation sites (N-methyl/N-ethyl adjacent to an activating group) is 1. The van der Waals surface area contributed by atoms with Gasteiger partial charge in [-0.3, -0.25) is 9.59 Å². The molecule has 47 heavy (non-hydrogen) atoms. The zero-order valence-corrected chi connectivity index (χ0v) is 27.6. The van der Waals surface area contributed by atoms with E-state index in [1.807, 2.05) is 64.1 Å². The van der Waals surface area contributed by atoms with Gasteiger partial charge in [-0.1, -0.05) is 36.4 Å². The lowest BCUT2D eigenvalue weighted by atomic mass is 9.92. The second-order valence-electron chi connectivity index (χ2n) is 14.0. The van der Waals surface area contributed by atoms with E-state index in [0.29, 0.717) is 12.0 Å². The molecule has 0 aliphatic carbocycles. The summed E-state index contributed by atoms with van der Waals surface area (Å²) in [5, 5.41) is 3.65. The van der Waals surface area contributed by atoms with Crippen LogP contribution in [0.5, 0.6) is 0 Å². The lowest BCUT2D eigenvalue weighted by molar-refractivity contribution is -0.265. The second-order valence-corrected chi connectivity index (χ2v) is 14.0. The van der Waals surface area contributed by atoms with Gasteiger partial charge in [-0.2, -0.15) is 0 Å². The molecule has 0 unspecified atom stereocenters. The molecule has 0 N–H and O–H groups in total. The van der Waals surface area contributed by atoms with Gasteiger partial charge in [0.25, 0.3) is 5.91 Å². The van der Waals surface area contributed by atoms with Gasteiger partial charge in [-0.15, -0.1) is 0 Å². The van der Waals surface area contributed by atoms with Gasteiger partial charge in [-0.05, 0) is 45.4 Å². The summed E-state index contributed by atoms with van der Waals surface area (Å²) >= 11 is 0. The van der Waals surface area contributed by atoms with Crippen LogP contribution in [0.15, 0.2) is 48.5 Å². The van der Waals surface area contributed by atoms with Gasteiger partial charge in [0.1, 0.15) is 24.5 Å². The smallest absolute Gasteiger partial charge is 0.410 e. The van der Waals surface area contributed by atoms with E-state index in [1.54, 1.807) is 24.0 Å². The van der Waals surface area contributed by atoms with Gasteiger partial charge in [-0.25, -0.2) is 4.79 Å². The van der Waals surface area contributed by atoms with Crippen LogP contribution >= 0.6 is 0 Å². The number of para-hydroxylation sites is 2. The Hall–Kier alpha value is -4.61. The van der Waals surface area contributed by atoms with Crippen LogP contribution in [0.1, 0.15) is 56.3 Å². The van der Waals surface area contributed by atoms with E-state index in [1.165, 1.54) is 7.11 Å². The fourth-order valence-corrected chi connectivity index (χ4v) is 8.34. The Morgan fingerprint density at radius 3 is 2.32 bits per heavy atom. The molecule has 4 atom stereocenters. The second kappa shape index (κ2) is 9.95. The first kappa shape index (κ1) is 29.8. The number of rotatable bonds is 4. The fraction of sp³-hybridized carbons (Fsp3) is 0.417. The summed E-state index contributed by atoms with van der Waals surface area (Å²) in [6.07, 6.45) is -1.13. The number of methoxy groups -OCH3 is 2. The molecule has 2 bridgehead atoms. The maximum atomic E-state index is 14.3. The number of hydrogen-bond acceptors (Lipinski definition) is 7. The number of esters is 1. The Balaban J connectivity index is 1.49. The minimum atomic E-state index is -1.09. The van der Waals surface area contributed by atoms with E-state index in [0.717, 1.165) is 49.2 Å². The molecule has 244 valence electrons. The highest BCUT2D eigenvalue weighted by Gasteiger charge is 2.55. The van der Waals surface area contributed by atoms with Crippen LogP contribution in [0.3, 0.4) is 0 Å². The molecule has 2 aromatic heterocycles. The maximum Gasteiger partial charge on any atom is 0.410 e. The number of aromatic nitrogens is 2. The topological polar surface area (TPSA) is 104 Å². The third kappa shape index (κ3) is 3.96. The van der Waals surface area contributed by atoms with Crippen LogP contribution in [0, 0.1) is 0 Å². The van der Waals surface area contributed by atoms with Crippen molar-refractivity contribution >= 4 is 61.6 Å². The zero-order chi connectivity index (χ0) is 33.2. The number of benzene rings is 3. The molecule has 3 aliphatic heterocycles. The molecule has 2 amide bonds. The van der Waals surface area contributed by atoms with E-state index in [2.05, 4.69) is 21.3 Å². The molecular formula is C36H38N4O7. The number of ether oxygens (including phenoxy) is 4. The van der Waals surface area contributed by atoms with Crippen LogP contribution in [-0.2, 0) is 36.0 Å². The van der Waals surface area contributed by atoms with Crippen molar-refractivity contribution in [1.82, 2.24) is 18.9 Å². The van der Waals surface area contributed by atoms with Crippen LogP contribution < -0.4 is 0 Å². The third-order valence-electron chi connectivity index (χ3n) is 10.1. The molecule has 3 aromatic carbocycles. The minimum absolute atomic E-state index is 0.141. The number of nitrogens with zero attached hydrogens (tertiary/aromatic N) is 4. The monoisotopic (exact) mass is 638 g/mol. The summed E-state index contributed by atoms with van der Waals surface area (Å²) < 4.78 is 28.7. The highest BCUT2D eigenvalue weighted by molar-refractivity contribution is 6.31. The molecule has 5 heterocycles. The summed E-state index contributed by atoms with van der Waals surface area (Å²) in [6.45, 7) is 7.71. The van der Waals surface area contributed by atoms with Crippen LogP contribution in [0.2, 0.25) is 0 Å². The molecule has 11 heteroatoms. The average molecular weight is 639 g/mol. The fourth-order valence-electron chi connectivity index (χ4n) is 8.34. The molecule has 0 radical (unpaired) electrons. The lowest BCUT2D eigenvalue weighted by Crippen LogP contribution is -2.61. The first-order valence-corrected chi connectivity index (χ1v) is 15.9. The number of hydrogen-bond donors (Lipinski definition) is 0. The van der Waals surface area contributed by atoms with E-state index in [4.69, 9.17) is 18.9 Å². The summed E-state index contributed by atoms with van der Waals surface area (Å²) in [6, 6.07) is 15.7. The molecule has 1 fully saturated rings. The molecule has 3 aliphatic rings. The van der Waals surface area contributed by atoms with Crippen molar-refractivity contribution in [2.75, 3.05) is 27.8 Å². The number of carbonyl (C=O) groups is 3. The summed E-state index contributed by atoms with van der Waals surface area (Å²) in [5.74, 6) is -0.674. The first-order valence-electron chi connectivity index (χ1n) is 15.9. The number of fused-ring (bicyclic) bond motifs is 13. The van der Waals surface area contributed by atoms with Gasteiger partial charge in [0.2, 0.25) is 0 Å². The Morgan fingerprint density at radius 1 is 1.00 bits per heavy atom. The molecule has 11 nitrogen and oxygen atoms in total. The van der Waals surface area contributed by atoms with E-state index >= 15 is 0 Å². The molecule has 5 aromatic rings. The maximum absolute atomic E-state index is 14.3.